The second-order valence-corrected chi connectivity index (χ2v) is 6.23. The summed E-state index contributed by atoms with van der Waals surface area (Å²) in [5.41, 5.74) is 0.301. The van der Waals surface area contributed by atoms with Crippen molar-refractivity contribution in [3.8, 4) is 0 Å². The first kappa shape index (κ1) is 15.9. The van der Waals surface area contributed by atoms with Crippen molar-refractivity contribution in [2.24, 2.45) is 0 Å². The number of hydrogen-bond donors (Lipinski definition) is 1. The van der Waals surface area contributed by atoms with E-state index in [0.29, 0.717) is 31.2 Å². The van der Waals surface area contributed by atoms with Crippen LogP contribution in [0.1, 0.15) is 44.6 Å². The molecule has 1 aromatic heterocycles. The summed E-state index contributed by atoms with van der Waals surface area (Å²) in [6.45, 7) is 8.94. The summed E-state index contributed by atoms with van der Waals surface area (Å²) in [5, 5.41) is 10.6. The van der Waals surface area contributed by atoms with Crippen LogP contribution >= 0.6 is 0 Å². The summed E-state index contributed by atoms with van der Waals surface area (Å²) in [4.78, 5) is 14.0. The molecule has 1 N–H and O–H groups in total. The maximum absolute atomic E-state index is 13.6. The van der Waals surface area contributed by atoms with Gasteiger partial charge in [-0.25, -0.2) is 4.39 Å². The lowest BCUT2D eigenvalue weighted by atomic mass is 10.2. The molecular weight excluding hydrogens is 273 g/mol. The Bertz CT molecular complexity index is 487. The highest BCUT2D eigenvalue weighted by atomic mass is 19.1. The number of amides is 1. The number of halogens is 1. The van der Waals surface area contributed by atoms with Gasteiger partial charge in [0, 0.05) is 24.7 Å². The van der Waals surface area contributed by atoms with Crippen molar-refractivity contribution in [2.75, 3.05) is 6.54 Å². The largest absolute Gasteiger partial charge is 0.348 e. The highest BCUT2D eigenvalue weighted by Crippen LogP contribution is 2.23. The number of aromatic nitrogens is 3. The molecule has 1 amide bonds. The smallest absolute Gasteiger partial charge is 0.273 e. The number of carbonyl (C=O) groups excluding carboxylic acids is 1. The van der Waals surface area contributed by atoms with Gasteiger partial charge >= 0.3 is 0 Å². The van der Waals surface area contributed by atoms with Crippen molar-refractivity contribution in [3.05, 3.63) is 11.9 Å². The molecule has 0 aromatic carbocycles. The van der Waals surface area contributed by atoms with Crippen LogP contribution in [0.3, 0.4) is 0 Å². The topological polar surface area (TPSA) is 63.1 Å². The normalized spacial score (nSPS) is 23.2. The zero-order valence-electron chi connectivity index (χ0n) is 13.1. The molecule has 0 bridgehead atoms. The van der Waals surface area contributed by atoms with Crippen LogP contribution in [-0.4, -0.2) is 56.6 Å². The third-order valence-corrected chi connectivity index (χ3v) is 3.66. The Balaban J connectivity index is 2.00. The summed E-state index contributed by atoms with van der Waals surface area (Å²) in [7, 11) is 0. The highest BCUT2D eigenvalue weighted by molar-refractivity contribution is 5.91. The van der Waals surface area contributed by atoms with Crippen LogP contribution < -0.4 is 5.32 Å². The molecule has 0 unspecified atom stereocenters. The molecule has 1 aliphatic rings. The van der Waals surface area contributed by atoms with Crippen molar-refractivity contribution < 1.29 is 9.18 Å². The standard InChI is InChI=1S/C14H24FN5O/c1-9(2)16-14(21)13-8-19(18-17-13)7-12-5-11(15)6-20(12)10(3)4/h8-12H,5-7H2,1-4H3,(H,16,21)/t11-,12-/m0/s1. The minimum Gasteiger partial charge on any atom is -0.348 e. The van der Waals surface area contributed by atoms with Gasteiger partial charge < -0.3 is 5.32 Å². The van der Waals surface area contributed by atoms with Crippen LogP contribution in [0, 0.1) is 0 Å². The quantitative estimate of drug-likeness (QED) is 0.888. The van der Waals surface area contributed by atoms with E-state index >= 15 is 0 Å². The molecule has 2 atom stereocenters. The predicted octanol–water partition coefficient (Wildman–Crippen LogP) is 1.24. The molecule has 1 saturated heterocycles. The van der Waals surface area contributed by atoms with E-state index < -0.39 is 6.17 Å². The molecule has 21 heavy (non-hydrogen) atoms. The molecule has 0 spiro atoms. The maximum atomic E-state index is 13.6. The van der Waals surface area contributed by atoms with Gasteiger partial charge in [-0.05, 0) is 34.1 Å². The van der Waals surface area contributed by atoms with Crippen LogP contribution in [-0.2, 0) is 6.54 Å². The van der Waals surface area contributed by atoms with E-state index in [1.165, 1.54) is 0 Å². The first-order chi connectivity index (χ1) is 9.86. The SMILES string of the molecule is CC(C)NC(=O)c1cn(C[C@@H]2C[C@H](F)CN2C(C)C)nn1. The zero-order chi connectivity index (χ0) is 15.6. The van der Waals surface area contributed by atoms with Crippen molar-refractivity contribution >= 4 is 5.91 Å². The minimum absolute atomic E-state index is 0.0567. The van der Waals surface area contributed by atoms with Crippen molar-refractivity contribution in [3.63, 3.8) is 0 Å². The van der Waals surface area contributed by atoms with Crippen LogP contribution in [0.15, 0.2) is 6.20 Å². The molecule has 2 rings (SSSR count). The van der Waals surface area contributed by atoms with Gasteiger partial charge in [-0.15, -0.1) is 5.10 Å². The van der Waals surface area contributed by atoms with E-state index in [1.807, 2.05) is 13.8 Å². The second kappa shape index (κ2) is 6.51. The molecule has 0 saturated carbocycles. The Hall–Kier alpha value is -1.50. The fourth-order valence-corrected chi connectivity index (χ4v) is 2.74. The Labute approximate surface area is 124 Å². The first-order valence-corrected chi connectivity index (χ1v) is 7.47. The molecule has 2 heterocycles. The van der Waals surface area contributed by atoms with Crippen LogP contribution in [0.25, 0.3) is 0 Å². The van der Waals surface area contributed by atoms with Crippen LogP contribution in [0.4, 0.5) is 4.39 Å². The lowest BCUT2D eigenvalue weighted by Gasteiger charge is -2.27. The number of nitrogens with zero attached hydrogens (tertiary/aromatic N) is 4. The number of rotatable bonds is 5. The van der Waals surface area contributed by atoms with Gasteiger partial charge in [0.05, 0.1) is 12.7 Å². The van der Waals surface area contributed by atoms with E-state index in [-0.39, 0.29) is 18.0 Å². The monoisotopic (exact) mass is 297 g/mol. The molecule has 1 aromatic rings. The minimum atomic E-state index is -0.787. The molecule has 1 fully saturated rings. The summed E-state index contributed by atoms with van der Waals surface area (Å²) in [6, 6.07) is 0.451. The molecule has 6 nitrogen and oxygen atoms in total. The van der Waals surface area contributed by atoms with E-state index in [4.69, 9.17) is 0 Å². The lowest BCUT2D eigenvalue weighted by molar-refractivity contribution is 0.0938. The fourth-order valence-electron chi connectivity index (χ4n) is 2.74. The third-order valence-electron chi connectivity index (χ3n) is 3.66. The van der Waals surface area contributed by atoms with Gasteiger partial charge in [0.25, 0.3) is 5.91 Å². The highest BCUT2D eigenvalue weighted by Gasteiger charge is 2.34. The van der Waals surface area contributed by atoms with Gasteiger partial charge in [0.2, 0.25) is 0 Å². The van der Waals surface area contributed by atoms with Gasteiger partial charge in [-0.2, -0.15) is 0 Å². The zero-order valence-corrected chi connectivity index (χ0v) is 13.1. The Morgan fingerprint density at radius 3 is 2.81 bits per heavy atom. The first-order valence-electron chi connectivity index (χ1n) is 7.47. The summed E-state index contributed by atoms with van der Waals surface area (Å²) >= 11 is 0. The Morgan fingerprint density at radius 1 is 1.48 bits per heavy atom. The molecule has 0 radical (unpaired) electrons. The number of alkyl halides is 1. The molecule has 7 heteroatoms. The average molecular weight is 297 g/mol. The van der Waals surface area contributed by atoms with Crippen molar-refractivity contribution in [1.29, 1.82) is 0 Å². The Morgan fingerprint density at radius 2 is 2.19 bits per heavy atom. The fraction of sp³-hybridized carbons (Fsp3) is 0.786. The van der Waals surface area contributed by atoms with Crippen molar-refractivity contribution in [1.82, 2.24) is 25.2 Å². The van der Waals surface area contributed by atoms with E-state index in [9.17, 15) is 9.18 Å². The number of nitrogens with one attached hydrogen (secondary N) is 1. The van der Waals surface area contributed by atoms with Gasteiger partial charge in [-0.3, -0.25) is 14.4 Å². The summed E-state index contributed by atoms with van der Waals surface area (Å²) in [6.07, 6.45) is 1.34. The van der Waals surface area contributed by atoms with Crippen molar-refractivity contribution in [2.45, 2.75) is 65.0 Å². The summed E-state index contributed by atoms with van der Waals surface area (Å²) in [5.74, 6) is -0.230. The predicted molar refractivity (Wildman–Crippen MR) is 77.8 cm³/mol. The van der Waals surface area contributed by atoms with Crippen LogP contribution in [0.5, 0.6) is 0 Å². The summed E-state index contributed by atoms with van der Waals surface area (Å²) < 4.78 is 15.2. The van der Waals surface area contributed by atoms with Gasteiger partial charge in [0.1, 0.15) is 6.17 Å². The van der Waals surface area contributed by atoms with Gasteiger partial charge in [-0.1, -0.05) is 5.21 Å². The molecule has 1 aliphatic heterocycles. The average Bonchev–Trinajstić information content (AvgIpc) is 2.96. The molecule has 118 valence electrons. The third kappa shape index (κ3) is 4.00. The van der Waals surface area contributed by atoms with E-state index in [0.717, 1.165) is 0 Å². The number of likely N-dealkylation sites (tertiary alicyclic amines) is 1. The number of hydrogen-bond acceptors (Lipinski definition) is 4. The van der Waals surface area contributed by atoms with E-state index in [2.05, 4.69) is 34.4 Å². The Kier molecular flexibility index (Phi) is 4.92. The van der Waals surface area contributed by atoms with Gasteiger partial charge in [0.15, 0.2) is 5.69 Å². The lowest BCUT2D eigenvalue weighted by Crippen LogP contribution is -2.38. The molecule has 0 aliphatic carbocycles. The molecular formula is C14H24FN5O. The van der Waals surface area contributed by atoms with E-state index in [1.54, 1.807) is 10.9 Å². The maximum Gasteiger partial charge on any atom is 0.273 e. The van der Waals surface area contributed by atoms with Crippen LogP contribution in [0.2, 0.25) is 0 Å². The second-order valence-electron chi connectivity index (χ2n) is 6.23. The number of carbonyl (C=O) groups is 1.